The molecule has 2 aliphatic rings. The van der Waals surface area contributed by atoms with Crippen LogP contribution in [0.15, 0.2) is 0 Å². The molecule has 4 nitrogen and oxygen atoms in total. The molecular weight excluding hydrogens is 238 g/mol. The molecule has 2 aliphatic heterocycles. The molecule has 0 radical (unpaired) electrons. The lowest BCUT2D eigenvalue weighted by Gasteiger charge is -2.32. The van der Waals surface area contributed by atoms with E-state index in [0.717, 1.165) is 26.2 Å². The van der Waals surface area contributed by atoms with Gasteiger partial charge in [-0.1, -0.05) is 6.42 Å². The molecule has 0 amide bonds. The van der Waals surface area contributed by atoms with E-state index in [0.29, 0.717) is 18.1 Å². The fourth-order valence-corrected chi connectivity index (χ4v) is 3.33. The van der Waals surface area contributed by atoms with E-state index in [4.69, 9.17) is 4.74 Å². The lowest BCUT2D eigenvalue weighted by atomic mass is 10.1. The fourth-order valence-electron chi connectivity index (χ4n) is 3.33. The Balaban J connectivity index is 1.61. The highest BCUT2D eigenvalue weighted by molar-refractivity contribution is 4.79. The van der Waals surface area contributed by atoms with Gasteiger partial charge in [0.15, 0.2) is 0 Å². The van der Waals surface area contributed by atoms with Gasteiger partial charge in [-0.05, 0) is 46.2 Å². The van der Waals surface area contributed by atoms with Gasteiger partial charge in [-0.3, -0.25) is 0 Å². The maximum absolute atomic E-state index is 5.51. The van der Waals surface area contributed by atoms with Gasteiger partial charge in [-0.2, -0.15) is 0 Å². The van der Waals surface area contributed by atoms with Crippen molar-refractivity contribution in [3.8, 4) is 0 Å². The molecule has 0 aromatic heterocycles. The molecule has 0 saturated carbocycles. The summed E-state index contributed by atoms with van der Waals surface area (Å²) in [5.41, 5.74) is 0. The van der Waals surface area contributed by atoms with E-state index >= 15 is 0 Å². The predicted molar refractivity (Wildman–Crippen MR) is 79.6 cm³/mol. The van der Waals surface area contributed by atoms with Gasteiger partial charge >= 0.3 is 0 Å². The van der Waals surface area contributed by atoms with Crippen molar-refractivity contribution in [2.24, 2.45) is 0 Å². The Hall–Kier alpha value is -0.160. The SMILES string of the molecule is CC(CC1COCCN1)NC(C)CN1CCCCC1. The quantitative estimate of drug-likeness (QED) is 0.760. The van der Waals surface area contributed by atoms with Crippen LogP contribution < -0.4 is 10.6 Å². The summed E-state index contributed by atoms with van der Waals surface area (Å²) in [5, 5.41) is 7.27. The monoisotopic (exact) mass is 269 g/mol. The minimum atomic E-state index is 0.526. The molecule has 0 bridgehead atoms. The van der Waals surface area contributed by atoms with E-state index in [1.807, 2.05) is 0 Å². The zero-order valence-electron chi connectivity index (χ0n) is 12.7. The van der Waals surface area contributed by atoms with Crippen LogP contribution in [0.5, 0.6) is 0 Å². The second-order valence-electron chi connectivity index (χ2n) is 6.29. The first-order chi connectivity index (χ1) is 9.24. The Labute approximate surface area is 118 Å². The van der Waals surface area contributed by atoms with Gasteiger partial charge in [0.2, 0.25) is 0 Å². The Morgan fingerprint density at radius 1 is 1.21 bits per heavy atom. The van der Waals surface area contributed by atoms with Crippen molar-refractivity contribution < 1.29 is 4.74 Å². The van der Waals surface area contributed by atoms with Crippen LogP contribution in [0.1, 0.15) is 39.5 Å². The first kappa shape index (κ1) is 15.2. The van der Waals surface area contributed by atoms with Crippen molar-refractivity contribution in [2.45, 2.75) is 57.7 Å². The summed E-state index contributed by atoms with van der Waals surface area (Å²) in [6.45, 7) is 11.1. The third kappa shape index (κ3) is 5.78. The number of likely N-dealkylation sites (tertiary alicyclic amines) is 1. The van der Waals surface area contributed by atoms with Crippen LogP contribution in [0.25, 0.3) is 0 Å². The van der Waals surface area contributed by atoms with Crippen LogP contribution in [-0.4, -0.2) is 62.4 Å². The zero-order chi connectivity index (χ0) is 13.5. The summed E-state index contributed by atoms with van der Waals surface area (Å²) in [6.07, 6.45) is 5.34. The van der Waals surface area contributed by atoms with Gasteiger partial charge in [-0.15, -0.1) is 0 Å². The van der Waals surface area contributed by atoms with Crippen molar-refractivity contribution in [1.82, 2.24) is 15.5 Å². The molecule has 0 aromatic carbocycles. The molecule has 4 heteroatoms. The molecule has 2 heterocycles. The number of morpholine rings is 1. The van der Waals surface area contributed by atoms with Gasteiger partial charge in [0.25, 0.3) is 0 Å². The normalized spacial score (nSPS) is 29.1. The summed E-state index contributed by atoms with van der Waals surface area (Å²) >= 11 is 0. The lowest BCUT2D eigenvalue weighted by Crippen LogP contribution is -2.48. The van der Waals surface area contributed by atoms with Gasteiger partial charge in [0.1, 0.15) is 0 Å². The van der Waals surface area contributed by atoms with Crippen molar-refractivity contribution in [2.75, 3.05) is 39.4 Å². The molecule has 2 fully saturated rings. The highest BCUT2D eigenvalue weighted by Crippen LogP contribution is 2.09. The highest BCUT2D eigenvalue weighted by Gasteiger charge is 2.18. The molecule has 3 unspecified atom stereocenters. The van der Waals surface area contributed by atoms with Crippen LogP contribution in [0, 0.1) is 0 Å². The summed E-state index contributed by atoms with van der Waals surface area (Å²) in [6, 6.07) is 1.66. The van der Waals surface area contributed by atoms with E-state index in [9.17, 15) is 0 Å². The first-order valence-corrected chi connectivity index (χ1v) is 8.03. The van der Waals surface area contributed by atoms with Crippen molar-refractivity contribution in [3.63, 3.8) is 0 Å². The van der Waals surface area contributed by atoms with Crippen LogP contribution in [-0.2, 0) is 4.74 Å². The average molecular weight is 269 g/mol. The topological polar surface area (TPSA) is 36.5 Å². The van der Waals surface area contributed by atoms with Crippen molar-refractivity contribution in [3.05, 3.63) is 0 Å². The third-order valence-corrected chi connectivity index (χ3v) is 4.19. The molecule has 0 aromatic rings. The summed E-state index contributed by atoms with van der Waals surface area (Å²) in [4.78, 5) is 2.61. The molecule has 2 saturated heterocycles. The summed E-state index contributed by atoms with van der Waals surface area (Å²) in [7, 11) is 0. The van der Waals surface area contributed by atoms with Gasteiger partial charge in [0.05, 0.1) is 13.2 Å². The van der Waals surface area contributed by atoms with Crippen molar-refractivity contribution in [1.29, 1.82) is 0 Å². The number of piperidine rings is 1. The largest absolute Gasteiger partial charge is 0.379 e. The van der Waals surface area contributed by atoms with E-state index < -0.39 is 0 Å². The van der Waals surface area contributed by atoms with E-state index in [1.54, 1.807) is 0 Å². The molecule has 0 aliphatic carbocycles. The number of hydrogen-bond acceptors (Lipinski definition) is 4. The zero-order valence-corrected chi connectivity index (χ0v) is 12.7. The van der Waals surface area contributed by atoms with Crippen LogP contribution in [0.3, 0.4) is 0 Å². The second-order valence-corrected chi connectivity index (χ2v) is 6.29. The highest BCUT2D eigenvalue weighted by atomic mass is 16.5. The van der Waals surface area contributed by atoms with Crippen molar-refractivity contribution >= 4 is 0 Å². The Kier molecular flexibility index (Phi) is 6.57. The number of rotatable bonds is 6. The number of nitrogens with zero attached hydrogens (tertiary/aromatic N) is 1. The minimum Gasteiger partial charge on any atom is -0.379 e. The second kappa shape index (κ2) is 8.20. The summed E-state index contributed by atoms with van der Waals surface area (Å²) in [5.74, 6) is 0. The molecule has 112 valence electrons. The van der Waals surface area contributed by atoms with E-state index in [1.165, 1.54) is 38.9 Å². The van der Waals surface area contributed by atoms with Crippen LogP contribution >= 0.6 is 0 Å². The minimum absolute atomic E-state index is 0.526. The van der Waals surface area contributed by atoms with Gasteiger partial charge in [-0.25, -0.2) is 0 Å². The Morgan fingerprint density at radius 2 is 2.00 bits per heavy atom. The average Bonchev–Trinajstić information content (AvgIpc) is 2.40. The molecule has 3 atom stereocenters. The fraction of sp³-hybridized carbons (Fsp3) is 1.00. The standard InChI is InChI=1S/C15H31N3O/c1-13(10-15-12-19-9-6-16-15)17-14(2)11-18-7-4-3-5-8-18/h13-17H,3-12H2,1-2H3. The number of nitrogens with one attached hydrogen (secondary N) is 2. The van der Waals surface area contributed by atoms with Gasteiger partial charge < -0.3 is 20.3 Å². The van der Waals surface area contributed by atoms with E-state index in [-0.39, 0.29) is 0 Å². The lowest BCUT2D eigenvalue weighted by molar-refractivity contribution is 0.0705. The summed E-state index contributed by atoms with van der Waals surface area (Å²) < 4.78 is 5.51. The molecule has 2 rings (SSSR count). The number of ether oxygens (including phenoxy) is 1. The maximum atomic E-state index is 5.51. The molecule has 19 heavy (non-hydrogen) atoms. The predicted octanol–water partition coefficient (Wildman–Crippen LogP) is 1.22. The van der Waals surface area contributed by atoms with Crippen LogP contribution in [0.4, 0.5) is 0 Å². The smallest absolute Gasteiger partial charge is 0.0620 e. The maximum Gasteiger partial charge on any atom is 0.0620 e. The van der Waals surface area contributed by atoms with Gasteiger partial charge in [0, 0.05) is 31.2 Å². The molecule has 2 N–H and O–H groups in total. The van der Waals surface area contributed by atoms with E-state index in [2.05, 4.69) is 29.4 Å². The molecular formula is C15H31N3O. The Morgan fingerprint density at radius 3 is 2.68 bits per heavy atom. The Bertz CT molecular complexity index is 214. The number of hydrogen-bond donors (Lipinski definition) is 2. The third-order valence-electron chi connectivity index (χ3n) is 4.19. The molecule has 0 spiro atoms. The first-order valence-electron chi connectivity index (χ1n) is 8.03. The van der Waals surface area contributed by atoms with Crippen LogP contribution in [0.2, 0.25) is 0 Å².